The molecule has 1 aliphatic rings. The lowest BCUT2D eigenvalue weighted by Gasteiger charge is -2.31. The minimum absolute atomic E-state index is 0.0247. The van der Waals surface area contributed by atoms with E-state index in [1.54, 1.807) is 48.2 Å². The summed E-state index contributed by atoms with van der Waals surface area (Å²) in [7, 11) is -3.76. The predicted molar refractivity (Wildman–Crippen MR) is 106 cm³/mol. The molecule has 1 saturated heterocycles. The van der Waals surface area contributed by atoms with Gasteiger partial charge in [0.2, 0.25) is 0 Å². The molecule has 0 radical (unpaired) electrons. The number of anilines is 1. The number of likely N-dealkylation sites (tertiary alicyclic amines) is 1. The van der Waals surface area contributed by atoms with Gasteiger partial charge >= 0.3 is 0 Å². The maximum absolute atomic E-state index is 13.1. The first-order valence-corrected chi connectivity index (χ1v) is 10.6. The SMILES string of the molecule is CCN(c1ccccc1)S(=O)(=O)c1cccc(C(=O)N2CCCC(N)C2)c1. The van der Waals surface area contributed by atoms with Crippen LogP contribution in [0.2, 0.25) is 0 Å². The van der Waals surface area contributed by atoms with Gasteiger partial charge in [-0.15, -0.1) is 0 Å². The van der Waals surface area contributed by atoms with E-state index >= 15 is 0 Å². The molecule has 1 fully saturated rings. The number of nitrogens with two attached hydrogens (primary N) is 1. The molecule has 0 saturated carbocycles. The topological polar surface area (TPSA) is 83.7 Å². The first kappa shape index (κ1) is 19.4. The Labute approximate surface area is 160 Å². The Morgan fingerprint density at radius 2 is 1.93 bits per heavy atom. The first-order valence-electron chi connectivity index (χ1n) is 9.16. The van der Waals surface area contributed by atoms with Gasteiger partial charge in [0, 0.05) is 31.2 Å². The third kappa shape index (κ3) is 4.14. The van der Waals surface area contributed by atoms with E-state index in [0.717, 1.165) is 12.8 Å². The Morgan fingerprint density at radius 1 is 1.19 bits per heavy atom. The van der Waals surface area contributed by atoms with E-state index in [1.807, 2.05) is 6.07 Å². The number of benzene rings is 2. The highest BCUT2D eigenvalue weighted by Crippen LogP contribution is 2.24. The molecule has 1 unspecified atom stereocenters. The Hall–Kier alpha value is -2.38. The average molecular weight is 388 g/mol. The van der Waals surface area contributed by atoms with Crippen molar-refractivity contribution in [2.24, 2.45) is 5.73 Å². The predicted octanol–water partition coefficient (Wildman–Crippen LogP) is 2.47. The number of nitrogens with zero attached hydrogens (tertiary/aromatic N) is 2. The Balaban J connectivity index is 1.91. The van der Waals surface area contributed by atoms with Crippen molar-refractivity contribution in [1.29, 1.82) is 0 Å². The molecule has 27 heavy (non-hydrogen) atoms. The smallest absolute Gasteiger partial charge is 0.264 e. The van der Waals surface area contributed by atoms with E-state index in [9.17, 15) is 13.2 Å². The molecule has 144 valence electrons. The molecule has 0 aromatic heterocycles. The van der Waals surface area contributed by atoms with E-state index < -0.39 is 10.0 Å². The van der Waals surface area contributed by atoms with Crippen molar-refractivity contribution in [3.63, 3.8) is 0 Å². The Morgan fingerprint density at radius 3 is 2.59 bits per heavy atom. The number of amides is 1. The van der Waals surface area contributed by atoms with Gasteiger partial charge in [-0.2, -0.15) is 0 Å². The number of hydrogen-bond donors (Lipinski definition) is 1. The van der Waals surface area contributed by atoms with Crippen LogP contribution in [0.3, 0.4) is 0 Å². The molecule has 6 nitrogen and oxygen atoms in total. The zero-order valence-electron chi connectivity index (χ0n) is 15.4. The van der Waals surface area contributed by atoms with Crippen molar-refractivity contribution in [3.8, 4) is 0 Å². The first-order chi connectivity index (χ1) is 12.9. The summed E-state index contributed by atoms with van der Waals surface area (Å²) in [5, 5.41) is 0. The molecular formula is C20H25N3O3S. The third-order valence-electron chi connectivity index (χ3n) is 4.75. The molecule has 1 heterocycles. The number of sulfonamides is 1. The second-order valence-electron chi connectivity index (χ2n) is 6.69. The maximum Gasteiger partial charge on any atom is 0.264 e. The van der Waals surface area contributed by atoms with E-state index in [0.29, 0.717) is 30.9 Å². The van der Waals surface area contributed by atoms with Crippen LogP contribution in [0.25, 0.3) is 0 Å². The number of para-hydroxylation sites is 1. The average Bonchev–Trinajstić information content (AvgIpc) is 2.69. The fourth-order valence-electron chi connectivity index (χ4n) is 3.38. The van der Waals surface area contributed by atoms with E-state index in [1.165, 1.54) is 16.4 Å². The van der Waals surface area contributed by atoms with E-state index in [2.05, 4.69) is 0 Å². The molecule has 0 aliphatic carbocycles. The molecule has 1 atom stereocenters. The molecule has 0 spiro atoms. The molecule has 2 aromatic carbocycles. The van der Waals surface area contributed by atoms with Gasteiger partial charge in [-0.05, 0) is 50.1 Å². The standard InChI is InChI=1S/C20H25N3O3S/c1-2-23(18-10-4-3-5-11-18)27(25,26)19-12-6-8-16(14-19)20(24)22-13-7-9-17(21)15-22/h3-6,8,10-12,14,17H,2,7,9,13,15,21H2,1H3. The number of hydrogen-bond acceptors (Lipinski definition) is 4. The normalized spacial score (nSPS) is 17.6. The van der Waals surface area contributed by atoms with Crippen molar-refractivity contribution in [2.45, 2.75) is 30.7 Å². The molecular weight excluding hydrogens is 362 g/mol. The van der Waals surface area contributed by atoms with Gasteiger partial charge in [0.15, 0.2) is 0 Å². The summed E-state index contributed by atoms with van der Waals surface area (Å²) in [5.41, 5.74) is 6.93. The van der Waals surface area contributed by atoms with Crippen molar-refractivity contribution >= 4 is 21.6 Å². The monoisotopic (exact) mass is 387 g/mol. The highest BCUT2D eigenvalue weighted by molar-refractivity contribution is 7.92. The number of piperidine rings is 1. The van der Waals surface area contributed by atoms with Gasteiger partial charge < -0.3 is 10.6 Å². The summed E-state index contributed by atoms with van der Waals surface area (Å²) < 4.78 is 27.6. The zero-order chi connectivity index (χ0) is 19.4. The van der Waals surface area contributed by atoms with Crippen LogP contribution < -0.4 is 10.0 Å². The van der Waals surface area contributed by atoms with Gasteiger partial charge in [-0.3, -0.25) is 9.10 Å². The van der Waals surface area contributed by atoms with Crippen LogP contribution in [0.4, 0.5) is 5.69 Å². The second-order valence-corrected chi connectivity index (χ2v) is 8.55. The minimum atomic E-state index is -3.76. The van der Waals surface area contributed by atoms with Crippen LogP contribution in [-0.4, -0.2) is 44.9 Å². The minimum Gasteiger partial charge on any atom is -0.337 e. The molecule has 0 bridgehead atoms. The van der Waals surface area contributed by atoms with Crippen molar-refractivity contribution in [3.05, 3.63) is 60.2 Å². The quantitative estimate of drug-likeness (QED) is 0.854. The zero-order valence-corrected chi connectivity index (χ0v) is 16.2. The lowest BCUT2D eigenvalue weighted by Crippen LogP contribution is -2.45. The van der Waals surface area contributed by atoms with Crippen LogP contribution in [0.5, 0.6) is 0 Å². The lowest BCUT2D eigenvalue weighted by molar-refractivity contribution is 0.0708. The molecule has 7 heteroatoms. The van der Waals surface area contributed by atoms with Gasteiger partial charge in [0.05, 0.1) is 10.6 Å². The van der Waals surface area contributed by atoms with E-state index in [4.69, 9.17) is 5.73 Å². The molecule has 2 N–H and O–H groups in total. The van der Waals surface area contributed by atoms with Crippen molar-refractivity contribution in [2.75, 3.05) is 23.9 Å². The molecule has 1 aliphatic heterocycles. The lowest BCUT2D eigenvalue weighted by atomic mass is 10.1. The summed E-state index contributed by atoms with van der Waals surface area (Å²) in [6, 6.07) is 15.2. The van der Waals surface area contributed by atoms with Gasteiger partial charge in [-0.25, -0.2) is 8.42 Å². The number of rotatable bonds is 5. The summed E-state index contributed by atoms with van der Waals surface area (Å²) in [6.45, 7) is 3.23. The van der Waals surface area contributed by atoms with Gasteiger partial charge in [0.25, 0.3) is 15.9 Å². The largest absolute Gasteiger partial charge is 0.337 e. The van der Waals surface area contributed by atoms with Crippen LogP contribution in [0.1, 0.15) is 30.1 Å². The van der Waals surface area contributed by atoms with Crippen molar-refractivity contribution in [1.82, 2.24) is 4.90 Å². The molecule has 3 rings (SSSR count). The van der Waals surface area contributed by atoms with Crippen LogP contribution in [0, 0.1) is 0 Å². The Kier molecular flexibility index (Phi) is 5.82. The summed E-state index contributed by atoms with van der Waals surface area (Å²) in [4.78, 5) is 14.6. The second kappa shape index (κ2) is 8.10. The molecule has 1 amide bonds. The van der Waals surface area contributed by atoms with Crippen LogP contribution >= 0.6 is 0 Å². The van der Waals surface area contributed by atoms with E-state index in [-0.39, 0.29) is 16.8 Å². The number of carbonyl (C=O) groups is 1. The van der Waals surface area contributed by atoms with Crippen LogP contribution in [-0.2, 0) is 10.0 Å². The van der Waals surface area contributed by atoms with Gasteiger partial charge in [0.1, 0.15) is 0 Å². The maximum atomic E-state index is 13.1. The highest BCUT2D eigenvalue weighted by atomic mass is 32.2. The van der Waals surface area contributed by atoms with Gasteiger partial charge in [-0.1, -0.05) is 24.3 Å². The van der Waals surface area contributed by atoms with Crippen LogP contribution in [0.15, 0.2) is 59.5 Å². The van der Waals surface area contributed by atoms with Crippen molar-refractivity contribution < 1.29 is 13.2 Å². The fraction of sp³-hybridized carbons (Fsp3) is 0.350. The third-order valence-corrected chi connectivity index (χ3v) is 6.64. The Bertz CT molecular complexity index is 900. The number of carbonyl (C=O) groups excluding carboxylic acids is 1. The fourth-order valence-corrected chi connectivity index (χ4v) is 4.90. The summed E-state index contributed by atoms with van der Waals surface area (Å²) >= 11 is 0. The summed E-state index contributed by atoms with van der Waals surface area (Å²) in [6.07, 6.45) is 1.77. The highest BCUT2D eigenvalue weighted by Gasteiger charge is 2.26. The molecule has 2 aromatic rings. The summed E-state index contributed by atoms with van der Waals surface area (Å²) in [5.74, 6) is -0.176.